The highest BCUT2D eigenvalue weighted by molar-refractivity contribution is 6.02. The van der Waals surface area contributed by atoms with Gasteiger partial charge in [-0.15, -0.1) is 0 Å². The highest BCUT2D eigenvalue weighted by Gasteiger charge is 2.05. The molecule has 20 heavy (non-hydrogen) atoms. The number of aromatic hydroxyl groups is 1. The molecule has 0 fully saturated rings. The molecule has 3 rings (SSSR count). The van der Waals surface area contributed by atoms with E-state index in [0.717, 1.165) is 16.5 Å². The van der Waals surface area contributed by atoms with E-state index in [0.29, 0.717) is 5.69 Å². The van der Waals surface area contributed by atoms with Crippen LogP contribution in [0.4, 0.5) is 10.1 Å². The van der Waals surface area contributed by atoms with Gasteiger partial charge in [-0.25, -0.2) is 4.39 Å². The molecule has 0 saturated heterocycles. The van der Waals surface area contributed by atoms with Crippen LogP contribution in [0.3, 0.4) is 0 Å². The second-order valence-corrected chi connectivity index (χ2v) is 4.32. The summed E-state index contributed by atoms with van der Waals surface area (Å²) < 4.78 is 12.8. The largest absolute Gasteiger partial charge is 0.507 e. The summed E-state index contributed by atoms with van der Waals surface area (Å²) in [4.78, 5) is 3.06. The fraction of sp³-hybridized carbons (Fsp3) is 0. The number of nitrogens with zero attached hydrogens (tertiary/aromatic N) is 1. The molecule has 0 unspecified atom stereocenters. The van der Waals surface area contributed by atoms with Crippen LogP contribution in [0.15, 0.2) is 53.8 Å². The second kappa shape index (κ2) is 5.05. The molecule has 3 aromatic rings. The van der Waals surface area contributed by atoms with Crippen LogP contribution in [-0.4, -0.2) is 16.3 Å². The third kappa shape index (κ3) is 2.33. The third-order valence-corrected chi connectivity index (χ3v) is 2.96. The number of nitrogens with one attached hydrogen (secondary N) is 2. The van der Waals surface area contributed by atoms with Crippen LogP contribution in [0.25, 0.3) is 10.9 Å². The van der Waals surface area contributed by atoms with Gasteiger partial charge >= 0.3 is 0 Å². The van der Waals surface area contributed by atoms with E-state index in [1.807, 2.05) is 6.07 Å². The summed E-state index contributed by atoms with van der Waals surface area (Å²) in [7, 11) is 0. The van der Waals surface area contributed by atoms with Crippen LogP contribution in [0.1, 0.15) is 5.56 Å². The van der Waals surface area contributed by atoms with Crippen molar-refractivity contribution < 1.29 is 9.50 Å². The molecular weight excluding hydrogens is 257 g/mol. The minimum absolute atomic E-state index is 0.201. The van der Waals surface area contributed by atoms with Gasteiger partial charge in [0.2, 0.25) is 0 Å². The van der Waals surface area contributed by atoms with E-state index in [4.69, 9.17) is 0 Å². The van der Waals surface area contributed by atoms with Gasteiger partial charge in [0.05, 0.1) is 17.3 Å². The van der Waals surface area contributed by atoms with Crippen LogP contribution < -0.4 is 5.43 Å². The lowest BCUT2D eigenvalue weighted by Gasteiger charge is -1.99. The van der Waals surface area contributed by atoms with E-state index < -0.39 is 0 Å². The number of hydrogen-bond donors (Lipinski definition) is 3. The van der Waals surface area contributed by atoms with Gasteiger partial charge in [-0.2, -0.15) is 5.10 Å². The molecule has 2 aromatic carbocycles. The summed E-state index contributed by atoms with van der Waals surface area (Å²) in [6.07, 6.45) is 3.36. The van der Waals surface area contributed by atoms with Crippen LogP contribution in [0.5, 0.6) is 5.75 Å². The maximum Gasteiger partial charge on any atom is 0.125 e. The summed E-state index contributed by atoms with van der Waals surface area (Å²) in [5, 5.41) is 14.6. The molecule has 4 nitrogen and oxygen atoms in total. The Morgan fingerprint density at radius 1 is 1.15 bits per heavy atom. The molecular formula is C15H12FN3O. The van der Waals surface area contributed by atoms with Crippen molar-refractivity contribution >= 4 is 22.8 Å². The van der Waals surface area contributed by atoms with Gasteiger partial charge in [-0.1, -0.05) is 6.07 Å². The Kier molecular flexibility index (Phi) is 3.09. The number of H-pyrrole nitrogens is 1. The van der Waals surface area contributed by atoms with Crippen molar-refractivity contribution in [1.82, 2.24) is 4.98 Å². The van der Waals surface area contributed by atoms with E-state index in [1.54, 1.807) is 36.7 Å². The summed E-state index contributed by atoms with van der Waals surface area (Å²) >= 11 is 0. The predicted octanol–water partition coefficient (Wildman–Crippen LogP) is 3.46. The molecule has 0 amide bonds. The number of hydrazone groups is 1. The van der Waals surface area contributed by atoms with E-state index in [2.05, 4.69) is 15.5 Å². The topological polar surface area (TPSA) is 60.4 Å². The summed E-state index contributed by atoms with van der Waals surface area (Å²) in [6, 6.07) is 11.2. The number of benzene rings is 2. The van der Waals surface area contributed by atoms with Crippen molar-refractivity contribution in [3.63, 3.8) is 0 Å². The normalized spacial score (nSPS) is 11.2. The van der Waals surface area contributed by atoms with Crippen molar-refractivity contribution in [1.29, 1.82) is 0 Å². The smallest absolute Gasteiger partial charge is 0.125 e. The lowest BCUT2D eigenvalue weighted by atomic mass is 10.2. The third-order valence-electron chi connectivity index (χ3n) is 2.96. The molecule has 0 bridgehead atoms. The van der Waals surface area contributed by atoms with Crippen molar-refractivity contribution in [2.75, 3.05) is 5.43 Å². The molecule has 1 heterocycles. The number of halogens is 1. The first-order valence-corrected chi connectivity index (χ1v) is 6.08. The summed E-state index contributed by atoms with van der Waals surface area (Å²) in [5.74, 6) is -0.0898. The summed E-state index contributed by atoms with van der Waals surface area (Å²) in [6.45, 7) is 0. The predicted molar refractivity (Wildman–Crippen MR) is 77.6 cm³/mol. The minimum atomic E-state index is -0.291. The number of anilines is 1. The van der Waals surface area contributed by atoms with Gasteiger partial charge in [-0.3, -0.25) is 5.43 Å². The molecule has 0 radical (unpaired) electrons. The van der Waals surface area contributed by atoms with Gasteiger partial charge in [-0.05, 0) is 36.4 Å². The van der Waals surface area contributed by atoms with Gasteiger partial charge in [0.1, 0.15) is 11.6 Å². The molecule has 1 aromatic heterocycles. The number of rotatable bonds is 3. The first kappa shape index (κ1) is 12.2. The van der Waals surface area contributed by atoms with E-state index in [1.165, 1.54) is 12.1 Å². The molecule has 0 aliphatic heterocycles. The monoisotopic (exact) mass is 269 g/mol. The fourth-order valence-electron chi connectivity index (χ4n) is 1.99. The fourth-order valence-corrected chi connectivity index (χ4v) is 1.99. The molecule has 0 atom stereocenters. The average Bonchev–Trinajstić information content (AvgIpc) is 2.86. The summed E-state index contributed by atoms with van der Waals surface area (Å²) in [5.41, 5.74) is 5.10. The maximum absolute atomic E-state index is 12.8. The first-order chi connectivity index (χ1) is 9.74. The molecule has 5 heteroatoms. The number of aromatic amines is 1. The second-order valence-electron chi connectivity index (χ2n) is 4.32. The minimum Gasteiger partial charge on any atom is -0.507 e. The Bertz CT molecular complexity index is 762. The zero-order valence-corrected chi connectivity index (χ0v) is 10.5. The molecule has 0 aliphatic carbocycles. The van der Waals surface area contributed by atoms with Crippen molar-refractivity contribution in [2.24, 2.45) is 5.10 Å². The SMILES string of the molecule is Oc1cccc2[nH]cc(/C=N/Nc3ccc(F)cc3)c12. The van der Waals surface area contributed by atoms with Crippen LogP contribution in [0.2, 0.25) is 0 Å². The Labute approximate surface area is 114 Å². The Morgan fingerprint density at radius 3 is 2.75 bits per heavy atom. The molecule has 100 valence electrons. The molecule has 3 N–H and O–H groups in total. The van der Waals surface area contributed by atoms with E-state index in [9.17, 15) is 9.50 Å². The number of phenolic OH excluding ortho intramolecular Hbond substituents is 1. The zero-order valence-electron chi connectivity index (χ0n) is 10.5. The molecule has 0 spiro atoms. The van der Waals surface area contributed by atoms with E-state index in [-0.39, 0.29) is 11.6 Å². The van der Waals surface area contributed by atoms with Gasteiger partial charge < -0.3 is 10.1 Å². The van der Waals surface area contributed by atoms with Gasteiger partial charge in [0, 0.05) is 17.3 Å². The zero-order chi connectivity index (χ0) is 13.9. The first-order valence-electron chi connectivity index (χ1n) is 6.08. The lowest BCUT2D eigenvalue weighted by molar-refractivity contribution is 0.481. The van der Waals surface area contributed by atoms with Crippen molar-refractivity contribution in [3.8, 4) is 5.75 Å². The van der Waals surface area contributed by atoms with Gasteiger partial charge in [0.15, 0.2) is 0 Å². The van der Waals surface area contributed by atoms with Gasteiger partial charge in [0.25, 0.3) is 0 Å². The average molecular weight is 269 g/mol. The molecule has 0 aliphatic rings. The number of phenols is 1. The number of aromatic nitrogens is 1. The van der Waals surface area contributed by atoms with Crippen molar-refractivity contribution in [3.05, 3.63) is 60.0 Å². The quantitative estimate of drug-likeness (QED) is 0.503. The molecule has 0 saturated carbocycles. The van der Waals surface area contributed by atoms with Crippen LogP contribution in [-0.2, 0) is 0 Å². The van der Waals surface area contributed by atoms with Crippen molar-refractivity contribution in [2.45, 2.75) is 0 Å². The highest BCUT2D eigenvalue weighted by Crippen LogP contribution is 2.26. The number of hydrogen-bond acceptors (Lipinski definition) is 3. The van der Waals surface area contributed by atoms with Crippen LogP contribution >= 0.6 is 0 Å². The maximum atomic E-state index is 12.8. The van der Waals surface area contributed by atoms with Crippen LogP contribution in [0, 0.1) is 5.82 Å². The Hall–Kier alpha value is -2.82. The lowest BCUT2D eigenvalue weighted by Crippen LogP contribution is -1.90. The standard InChI is InChI=1S/C15H12FN3O/c16-11-4-6-12(7-5-11)19-18-9-10-8-17-13-2-1-3-14(20)15(10)13/h1-9,17,19-20H/b18-9+. The highest BCUT2D eigenvalue weighted by atomic mass is 19.1. The Balaban J connectivity index is 1.82. The number of fused-ring (bicyclic) bond motifs is 1. The van der Waals surface area contributed by atoms with E-state index >= 15 is 0 Å². The Morgan fingerprint density at radius 2 is 1.95 bits per heavy atom.